The average molecular weight is 346 g/mol. The van der Waals surface area contributed by atoms with Crippen LogP contribution in [0.4, 0.5) is 4.79 Å². The summed E-state index contributed by atoms with van der Waals surface area (Å²) in [4.78, 5) is 38.4. The summed E-state index contributed by atoms with van der Waals surface area (Å²) < 4.78 is 10.1. The fourth-order valence-corrected chi connectivity index (χ4v) is 3.62. The molecule has 1 unspecified atom stereocenters. The summed E-state index contributed by atoms with van der Waals surface area (Å²) in [5.41, 5.74) is -0.0267. The van der Waals surface area contributed by atoms with Gasteiger partial charge in [0, 0.05) is 6.54 Å². The SMILES string of the molecule is COC(=O)[C@H]1CCC2(CCCN2C(=O)OCc2ccccc2)C(=O)N1. The van der Waals surface area contributed by atoms with Crippen molar-refractivity contribution in [1.29, 1.82) is 0 Å². The number of piperidine rings is 1. The lowest BCUT2D eigenvalue weighted by molar-refractivity contribution is -0.149. The maximum atomic E-state index is 12.7. The molecule has 2 fully saturated rings. The maximum Gasteiger partial charge on any atom is 0.411 e. The van der Waals surface area contributed by atoms with E-state index in [2.05, 4.69) is 5.32 Å². The first-order valence-corrected chi connectivity index (χ1v) is 8.44. The first-order valence-electron chi connectivity index (χ1n) is 8.44. The van der Waals surface area contributed by atoms with Gasteiger partial charge in [-0.2, -0.15) is 0 Å². The van der Waals surface area contributed by atoms with E-state index in [1.807, 2.05) is 30.3 Å². The zero-order valence-electron chi connectivity index (χ0n) is 14.2. The van der Waals surface area contributed by atoms with Gasteiger partial charge in [-0.15, -0.1) is 0 Å². The van der Waals surface area contributed by atoms with Crippen LogP contribution < -0.4 is 5.32 Å². The number of nitrogens with one attached hydrogen (secondary N) is 1. The minimum atomic E-state index is -0.918. The molecule has 3 rings (SSSR count). The molecule has 0 aromatic heterocycles. The number of esters is 1. The first kappa shape index (κ1) is 17.3. The molecule has 2 aliphatic heterocycles. The Kier molecular flexibility index (Phi) is 4.92. The number of carbonyl (C=O) groups excluding carboxylic acids is 3. The number of likely N-dealkylation sites (tertiary alicyclic amines) is 1. The van der Waals surface area contributed by atoms with E-state index in [-0.39, 0.29) is 12.5 Å². The summed E-state index contributed by atoms with van der Waals surface area (Å²) in [6, 6.07) is 8.75. The van der Waals surface area contributed by atoms with Crippen molar-refractivity contribution in [2.45, 2.75) is 43.9 Å². The fourth-order valence-electron chi connectivity index (χ4n) is 3.62. The topological polar surface area (TPSA) is 84.9 Å². The summed E-state index contributed by atoms with van der Waals surface area (Å²) in [5, 5.41) is 2.70. The van der Waals surface area contributed by atoms with Crippen LogP contribution in [0.5, 0.6) is 0 Å². The Morgan fingerprint density at radius 1 is 1.28 bits per heavy atom. The number of hydrogen-bond donors (Lipinski definition) is 1. The fraction of sp³-hybridized carbons (Fsp3) is 0.500. The molecule has 1 aromatic carbocycles. The number of amides is 2. The van der Waals surface area contributed by atoms with Crippen LogP contribution in [-0.4, -0.2) is 48.1 Å². The van der Waals surface area contributed by atoms with Gasteiger partial charge >= 0.3 is 12.1 Å². The standard InChI is InChI=1S/C18H22N2O5/c1-24-15(21)14-8-10-18(16(22)19-14)9-5-11-20(18)17(23)25-12-13-6-3-2-4-7-13/h2-4,6-7,14H,5,8-12H2,1H3,(H,19,22)/t14-,18?/m1/s1. The van der Waals surface area contributed by atoms with Crippen LogP contribution in [0.15, 0.2) is 30.3 Å². The second-order valence-corrected chi connectivity index (χ2v) is 6.41. The van der Waals surface area contributed by atoms with Gasteiger partial charge in [0.1, 0.15) is 18.2 Å². The molecule has 1 spiro atoms. The summed E-state index contributed by atoms with van der Waals surface area (Å²) in [7, 11) is 1.29. The van der Waals surface area contributed by atoms with Crippen molar-refractivity contribution in [2.75, 3.05) is 13.7 Å². The van der Waals surface area contributed by atoms with Crippen LogP contribution >= 0.6 is 0 Å². The number of nitrogens with zero attached hydrogens (tertiary/aromatic N) is 1. The van der Waals surface area contributed by atoms with Gasteiger partial charge in [0.25, 0.3) is 0 Å². The molecule has 2 saturated heterocycles. The third-order valence-corrected chi connectivity index (χ3v) is 4.97. The highest BCUT2D eigenvalue weighted by Gasteiger charge is 2.53. The van der Waals surface area contributed by atoms with E-state index in [0.717, 1.165) is 12.0 Å². The molecule has 0 saturated carbocycles. The van der Waals surface area contributed by atoms with Gasteiger partial charge in [0.15, 0.2) is 0 Å². The van der Waals surface area contributed by atoms with Crippen LogP contribution in [0.2, 0.25) is 0 Å². The number of rotatable bonds is 3. The van der Waals surface area contributed by atoms with Gasteiger partial charge in [0.2, 0.25) is 5.91 Å². The smallest absolute Gasteiger partial charge is 0.411 e. The number of benzene rings is 1. The molecule has 7 heteroatoms. The molecule has 2 heterocycles. The molecule has 1 N–H and O–H groups in total. The first-order chi connectivity index (χ1) is 12.1. The molecule has 2 atom stereocenters. The van der Waals surface area contributed by atoms with E-state index in [0.29, 0.717) is 25.8 Å². The molecule has 0 bridgehead atoms. The van der Waals surface area contributed by atoms with Crippen molar-refractivity contribution < 1.29 is 23.9 Å². The van der Waals surface area contributed by atoms with Crippen molar-refractivity contribution in [1.82, 2.24) is 10.2 Å². The number of hydrogen-bond acceptors (Lipinski definition) is 5. The normalized spacial score (nSPS) is 25.6. The Labute approximate surface area is 146 Å². The van der Waals surface area contributed by atoms with Crippen LogP contribution in [-0.2, 0) is 25.7 Å². The monoisotopic (exact) mass is 346 g/mol. The molecule has 25 heavy (non-hydrogen) atoms. The summed E-state index contributed by atoms with van der Waals surface area (Å²) >= 11 is 0. The second-order valence-electron chi connectivity index (χ2n) is 6.41. The Bertz CT molecular complexity index is 663. The lowest BCUT2D eigenvalue weighted by Crippen LogP contribution is -2.63. The van der Waals surface area contributed by atoms with Crippen molar-refractivity contribution in [2.24, 2.45) is 0 Å². The van der Waals surface area contributed by atoms with Gasteiger partial charge in [-0.25, -0.2) is 9.59 Å². The minimum absolute atomic E-state index is 0.165. The Morgan fingerprint density at radius 3 is 2.72 bits per heavy atom. The minimum Gasteiger partial charge on any atom is -0.467 e. The summed E-state index contributed by atoms with van der Waals surface area (Å²) in [6.45, 7) is 0.641. The van der Waals surface area contributed by atoms with Crippen LogP contribution in [0.25, 0.3) is 0 Å². The van der Waals surface area contributed by atoms with E-state index >= 15 is 0 Å². The third kappa shape index (κ3) is 3.31. The predicted octanol–water partition coefficient (Wildman–Crippen LogP) is 1.61. The highest BCUT2D eigenvalue weighted by Crippen LogP contribution is 2.37. The van der Waals surface area contributed by atoms with E-state index in [1.54, 1.807) is 0 Å². The number of ether oxygens (including phenoxy) is 2. The Morgan fingerprint density at radius 2 is 2.04 bits per heavy atom. The zero-order valence-corrected chi connectivity index (χ0v) is 14.2. The lowest BCUT2D eigenvalue weighted by atomic mass is 9.84. The second kappa shape index (κ2) is 7.13. The Balaban J connectivity index is 1.66. The van der Waals surface area contributed by atoms with Gasteiger partial charge in [-0.3, -0.25) is 9.69 Å². The van der Waals surface area contributed by atoms with Crippen LogP contribution in [0, 0.1) is 0 Å². The largest absolute Gasteiger partial charge is 0.467 e. The summed E-state index contributed by atoms with van der Waals surface area (Å²) in [5.74, 6) is -0.761. The zero-order chi connectivity index (χ0) is 17.9. The highest BCUT2D eigenvalue weighted by atomic mass is 16.6. The molecular formula is C18H22N2O5. The number of carbonyl (C=O) groups is 3. The van der Waals surface area contributed by atoms with E-state index in [9.17, 15) is 14.4 Å². The Hall–Kier alpha value is -2.57. The van der Waals surface area contributed by atoms with Crippen molar-refractivity contribution in [3.8, 4) is 0 Å². The number of methoxy groups -OCH3 is 1. The maximum absolute atomic E-state index is 12.7. The summed E-state index contributed by atoms with van der Waals surface area (Å²) in [6.07, 6.45) is 1.69. The third-order valence-electron chi connectivity index (χ3n) is 4.97. The molecule has 2 aliphatic rings. The van der Waals surface area contributed by atoms with Crippen molar-refractivity contribution >= 4 is 18.0 Å². The molecule has 2 amide bonds. The van der Waals surface area contributed by atoms with Gasteiger partial charge in [0.05, 0.1) is 7.11 Å². The van der Waals surface area contributed by atoms with E-state index in [1.165, 1.54) is 12.0 Å². The molecule has 7 nitrogen and oxygen atoms in total. The van der Waals surface area contributed by atoms with Crippen LogP contribution in [0.3, 0.4) is 0 Å². The molecule has 0 aliphatic carbocycles. The molecule has 134 valence electrons. The van der Waals surface area contributed by atoms with Crippen LogP contribution in [0.1, 0.15) is 31.2 Å². The van der Waals surface area contributed by atoms with E-state index in [4.69, 9.17) is 9.47 Å². The van der Waals surface area contributed by atoms with E-state index < -0.39 is 23.6 Å². The quantitative estimate of drug-likeness (QED) is 0.841. The molecule has 1 aromatic rings. The molecule has 0 radical (unpaired) electrons. The van der Waals surface area contributed by atoms with Gasteiger partial charge in [-0.1, -0.05) is 30.3 Å². The average Bonchev–Trinajstić information content (AvgIpc) is 3.07. The van der Waals surface area contributed by atoms with Crippen molar-refractivity contribution in [3.63, 3.8) is 0 Å². The molecular weight excluding hydrogens is 324 g/mol. The van der Waals surface area contributed by atoms with Gasteiger partial charge < -0.3 is 14.8 Å². The predicted molar refractivity (Wildman–Crippen MR) is 88.5 cm³/mol. The van der Waals surface area contributed by atoms with Gasteiger partial charge in [-0.05, 0) is 31.2 Å². The lowest BCUT2D eigenvalue weighted by Gasteiger charge is -2.41. The highest BCUT2D eigenvalue weighted by molar-refractivity contribution is 5.94. The van der Waals surface area contributed by atoms with Crippen molar-refractivity contribution in [3.05, 3.63) is 35.9 Å².